The molecule has 1 unspecified atom stereocenters. The number of benzene rings is 1. The lowest BCUT2D eigenvalue weighted by atomic mass is 10.2. The van der Waals surface area contributed by atoms with Crippen LogP contribution in [0.2, 0.25) is 5.02 Å². The van der Waals surface area contributed by atoms with Gasteiger partial charge in [0, 0.05) is 18.7 Å². The average molecular weight is 243 g/mol. The molecule has 0 aromatic heterocycles. The molecule has 0 saturated heterocycles. The smallest absolute Gasteiger partial charge is 0.251 e. The van der Waals surface area contributed by atoms with Crippen molar-refractivity contribution in [1.82, 2.24) is 5.32 Å². The number of nitrogens with one attached hydrogen (secondary N) is 1. The van der Waals surface area contributed by atoms with E-state index in [9.17, 15) is 4.79 Å². The molecule has 0 aliphatic rings. The molecule has 0 aliphatic carbocycles. The van der Waals surface area contributed by atoms with Crippen LogP contribution >= 0.6 is 11.6 Å². The first-order chi connectivity index (χ1) is 7.54. The molecule has 1 atom stereocenters. The summed E-state index contributed by atoms with van der Waals surface area (Å²) in [5.74, 6) is -0.187. The van der Waals surface area contributed by atoms with Crippen molar-refractivity contribution in [2.75, 3.05) is 19.5 Å². The molecule has 88 valence electrons. The minimum Gasteiger partial charge on any atom is -0.398 e. The number of nitrogen functional groups attached to an aromatic ring is 1. The predicted octanol–water partition coefficient (Wildman–Crippen LogP) is 1.69. The molecular formula is C11H15ClN2O2. The van der Waals surface area contributed by atoms with Gasteiger partial charge in [0.1, 0.15) is 0 Å². The number of anilines is 1. The van der Waals surface area contributed by atoms with Crippen molar-refractivity contribution in [3.05, 3.63) is 28.8 Å². The van der Waals surface area contributed by atoms with Gasteiger partial charge in [0.05, 0.1) is 17.3 Å². The Morgan fingerprint density at radius 2 is 2.31 bits per heavy atom. The highest BCUT2D eigenvalue weighted by molar-refractivity contribution is 6.33. The van der Waals surface area contributed by atoms with E-state index in [2.05, 4.69) is 5.32 Å². The number of halogens is 1. The van der Waals surface area contributed by atoms with Gasteiger partial charge in [-0.2, -0.15) is 0 Å². The number of hydrogen-bond donors (Lipinski definition) is 2. The molecule has 16 heavy (non-hydrogen) atoms. The zero-order chi connectivity index (χ0) is 12.1. The molecule has 0 bridgehead atoms. The Bertz CT molecular complexity index is 382. The van der Waals surface area contributed by atoms with Crippen LogP contribution in [-0.4, -0.2) is 25.7 Å². The maximum Gasteiger partial charge on any atom is 0.251 e. The second-order valence-electron chi connectivity index (χ2n) is 3.57. The third-order valence-electron chi connectivity index (χ3n) is 2.05. The molecule has 3 N–H and O–H groups in total. The lowest BCUT2D eigenvalue weighted by Crippen LogP contribution is -2.35. The molecule has 1 aromatic rings. The van der Waals surface area contributed by atoms with Crippen molar-refractivity contribution in [2.45, 2.75) is 13.0 Å². The summed E-state index contributed by atoms with van der Waals surface area (Å²) in [6.07, 6.45) is 0. The molecule has 0 radical (unpaired) electrons. The molecule has 0 heterocycles. The van der Waals surface area contributed by atoms with E-state index < -0.39 is 0 Å². The first-order valence-corrected chi connectivity index (χ1v) is 5.27. The van der Waals surface area contributed by atoms with Gasteiger partial charge in [0.2, 0.25) is 0 Å². The maximum atomic E-state index is 11.7. The summed E-state index contributed by atoms with van der Waals surface area (Å²) in [6.45, 7) is 2.33. The van der Waals surface area contributed by atoms with Gasteiger partial charge < -0.3 is 15.8 Å². The lowest BCUT2D eigenvalue weighted by molar-refractivity contribution is 0.0905. The van der Waals surface area contributed by atoms with Crippen LogP contribution in [0.3, 0.4) is 0 Å². The number of ether oxygens (including phenoxy) is 1. The zero-order valence-corrected chi connectivity index (χ0v) is 10.0. The average Bonchev–Trinajstić information content (AvgIpc) is 2.22. The Morgan fingerprint density at radius 3 is 2.88 bits per heavy atom. The maximum absolute atomic E-state index is 11.7. The molecule has 4 nitrogen and oxygen atoms in total. The first kappa shape index (κ1) is 12.8. The Balaban J connectivity index is 2.69. The molecule has 1 rings (SSSR count). The summed E-state index contributed by atoms with van der Waals surface area (Å²) in [5.41, 5.74) is 6.50. The fraction of sp³-hybridized carbons (Fsp3) is 0.364. The SMILES string of the molecule is COCC(C)NC(=O)c1ccc(Cl)c(N)c1. The summed E-state index contributed by atoms with van der Waals surface area (Å²) in [7, 11) is 1.59. The number of carbonyl (C=O) groups is 1. The monoisotopic (exact) mass is 242 g/mol. The van der Waals surface area contributed by atoms with Gasteiger partial charge in [0.25, 0.3) is 5.91 Å². The van der Waals surface area contributed by atoms with Crippen LogP contribution in [-0.2, 0) is 4.74 Å². The zero-order valence-electron chi connectivity index (χ0n) is 9.29. The number of amides is 1. The first-order valence-electron chi connectivity index (χ1n) is 4.89. The predicted molar refractivity (Wildman–Crippen MR) is 64.7 cm³/mol. The van der Waals surface area contributed by atoms with Crippen molar-refractivity contribution in [3.63, 3.8) is 0 Å². The molecule has 1 amide bonds. The highest BCUT2D eigenvalue weighted by atomic mass is 35.5. The molecular weight excluding hydrogens is 228 g/mol. The van der Waals surface area contributed by atoms with Gasteiger partial charge in [-0.15, -0.1) is 0 Å². The molecule has 0 saturated carbocycles. The summed E-state index contributed by atoms with van der Waals surface area (Å²) >= 11 is 5.76. The molecule has 0 fully saturated rings. The highest BCUT2D eigenvalue weighted by Gasteiger charge is 2.10. The quantitative estimate of drug-likeness (QED) is 0.790. The Hall–Kier alpha value is -1.26. The standard InChI is InChI=1S/C11H15ClN2O2/c1-7(6-16-2)14-11(15)8-3-4-9(12)10(13)5-8/h3-5,7H,6,13H2,1-2H3,(H,14,15). The third kappa shape index (κ3) is 3.40. The number of rotatable bonds is 4. The summed E-state index contributed by atoms with van der Waals surface area (Å²) < 4.78 is 4.92. The number of carbonyl (C=O) groups excluding carboxylic acids is 1. The number of hydrogen-bond acceptors (Lipinski definition) is 3. The van der Waals surface area contributed by atoms with Crippen molar-refractivity contribution < 1.29 is 9.53 Å². The van der Waals surface area contributed by atoms with Crippen LogP contribution < -0.4 is 11.1 Å². The summed E-state index contributed by atoms with van der Waals surface area (Å²) in [6, 6.07) is 4.74. The van der Waals surface area contributed by atoms with E-state index in [1.54, 1.807) is 25.3 Å². The van der Waals surface area contributed by atoms with Crippen LogP contribution in [0.4, 0.5) is 5.69 Å². The van der Waals surface area contributed by atoms with Gasteiger partial charge in [0.15, 0.2) is 0 Å². The van der Waals surface area contributed by atoms with Gasteiger partial charge in [-0.25, -0.2) is 0 Å². The molecule has 1 aromatic carbocycles. The number of methoxy groups -OCH3 is 1. The fourth-order valence-corrected chi connectivity index (χ4v) is 1.40. The Labute approximate surface area is 99.7 Å². The second kappa shape index (κ2) is 5.72. The van der Waals surface area contributed by atoms with E-state index in [-0.39, 0.29) is 11.9 Å². The minimum atomic E-state index is -0.187. The largest absolute Gasteiger partial charge is 0.398 e. The van der Waals surface area contributed by atoms with Crippen molar-refractivity contribution in [2.24, 2.45) is 0 Å². The van der Waals surface area contributed by atoms with E-state index in [4.69, 9.17) is 22.1 Å². The van der Waals surface area contributed by atoms with E-state index in [0.717, 1.165) is 0 Å². The van der Waals surface area contributed by atoms with Gasteiger partial charge in [-0.1, -0.05) is 11.6 Å². The van der Waals surface area contributed by atoms with Gasteiger partial charge >= 0.3 is 0 Å². The van der Waals surface area contributed by atoms with Gasteiger partial charge in [-0.05, 0) is 25.1 Å². The Morgan fingerprint density at radius 1 is 1.62 bits per heavy atom. The van der Waals surface area contributed by atoms with Gasteiger partial charge in [-0.3, -0.25) is 4.79 Å². The topological polar surface area (TPSA) is 64.3 Å². The molecule has 5 heteroatoms. The van der Waals surface area contributed by atoms with Crippen molar-refractivity contribution >= 4 is 23.2 Å². The number of nitrogens with two attached hydrogens (primary N) is 1. The Kier molecular flexibility index (Phi) is 4.58. The van der Waals surface area contributed by atoms with Crippen LogP contribution in [0, 0.1) is 0 Å². The van der Waals surface area contributed by atoms with Crippen molar-refractivity contribution in [1.29, 1.82) is 0 Å². The van der Waals surface area contributed by atoms with E-state index >= 15 is 0 Å². The molecule has 0 spiro atoms. The molecule has 0 aliphatic heterocycles. The second-order valence-corrected chi connectivity index (χ2v) is 3.97. The fourth-order valence-electron chi connectivity index (χ4n) is 1.28. The van der Waals surface area contributed by atoms with E-state index in [1.807, 2.05) is 6.92 Å². The van der Waals surface area contributed by atoms with Crippen LogP contribution in [0.1, 0.15) is 17.3 Å². The van der Waals surface area contributed by atoms with E-state index in [0.29, 0.717) is 22.9 Å². The highest BCUT2D eigenvalue weighted by Crippen LogP contribution is 2.19. The van der Waals surface area contributed by atoms with Crippen LogP contribution in [0.5, 0.6) is 0 Å². The summed E-state index contributed by atoms with van der Waals surface area (Å²) in [4.78, 5) is 11.7. The summed E-state index contributed by atoms with van der Waals surface area (Å²) in [5, 5.41) is 3.23. The third-order valence-corrected chi connectivity index (χ3v) is 2.40. The van der Waals surface area contributed by atoms with Crippen molar-refractivity contribution in [3.8, 4) is 0 Å². The minimum absolute atomic E-state index is 0.0468. The van der Waals surface area contributed by atoms with E-state index in [1.165, 1.54) is 0 Å². The normalized spacial score (nSPS) is 12.2. The van der Waals surface area contributed by atoms with Crippen LogP contribution in [0.25, 0.3) is 0 Å². The lowest BCUT2D eigenvalue weighted by Gasteiger charge is -2.13. The van der Waals surface area contributed by atoms with Crippen LogP contribution in [0.15, 0.2) is 18.2 Å².